The van der Waals surface area contributed by atoms with E-state index in [1.807, 2.05) is 19.1 Å². The number of nitrogens with zero attached hydrogens (tertiary/aromatic N) is 1. The van der Waals surface area contributed by atoms with Gasteiger partial charge in [0.2, 0.25) is 5.91 Å². The molecule has 0 spiro atoms. The van der Waals surface area contributed by atoms with Crippen LogP contribution < -0.4 is 11.1 Å². The van der Waals surface area contributed by atoms with Crippen LogP contribution in [0.2, 0.25) is 0 Å². The fourth-order valence-corrected chi connectivity index (χ4v) is 2.58. The normalized spacial score (nSPS) is 27.4. The largest absolute Gasteiger partial charge is 0.329 e. The van der Waals surface area contributed by atoms with Gasteiger partial charge in [-0.1, -0.05) is 13.0 Å². The molecule has 17 heavy (non-hydrogen) atoms. The van der Waals surface area contributed by atoms with Crippen LogP contribution in [0.3, 0.4) is 0 Å². The molecular weight excluding hydrogens is 214 g/mol. The second kappa shape index (κ2) is 4.45. The minimum absolute atomic E-state index is 0.0104. The molecule has 1 fully saturated rings. The zero-order valence-electron chi connectivity index (χ0n) is 10.4. The standard InChI is InChI=1S/C13H19N3O/c1-9-6-13(7-9,8-14)12(17)16-11-5-3-4-10(2)15-11/h3-5,9H,6-8,14H2,1-2H3,(H,15,16,17). The lowest BCUT2D eigenvalue weighted by Gasteiger charge is -2.44. The van der Waals surface area contributed by atoms with E-state index in [1.54, 1.807) is 6.07 Å². The maximum atomic E-state index is 12.2. The predicted molar refractivity (Wildman–Crippen MR) is 67.5 cm³/mol. The third kappa shape index (κ3) is 2.31. The van der Waals surface area contributed by atoms with Gasteiger partial charge in [-0.3, -0.25) is 4.79 Å². The van der Waals surface area contributed by atoms with Crippen LogP contribution in [0.5, 0.6) is 0 Å². The number of amides is 1. The van der Waals surface area contributed by atoms with Gasteiger partial charge in [-0.15, -0.1) is 0 Å². The highest BCUT2D eigenvalue weighted by atomic mass is 16.2. The van der Waals surface area contributed by atoms with Crippen molar-refractivity contribution in [1.29, 1.82) is 0 Å². The van der Waals surface area contributed by atoms with Crippen molar-refractivity contribution in [2.24, 2.45) is 17.1 Å². The third-order valence-electron chi connectivity index (χ3n) is 3.48. The summed E-state index contributed by atoms with van der Waals surface area (Å²) in [6.45, 7) is 4.46. The second-order valence-electron chi connectivity index (χ2n) is 5.12. The van der Waals surface area contributed by atoms with Crippen LogP contribution in [0, 0.1) is 18.3 Å². The Morgan fingerprint density at radius 3 is 2.82 bits per heavy atom. The molecule has 1 heterocycles. The molecule has 2 rings (SSSR count). The molecule has 0 radical (unpaired) electrons. The Balaban J connectivity index is 2.06. The Bertz CT molecular complexity index is 424. The summed E-state index contributed by atoms with van der Waals surface area (Å²) in [6.07, 6.45) is 1.75. The topological polar surface area (TPSA) is 68.0 Å². The summed E-state index contributed by atoms with van der Waals surface area (Å²) in [5.41, 5.74) is 6.26. The molecule has 0 bridgehead atoms. The van der Waals surface area contributed by atoms with Crippen LogP contribution in [0.15, 0.2) is 18.2 Å². The molecule has 92 valence electrons. The fourth-order valence-electron chi connectivity index (χ4n) is 2.58. The summed E-state index contributed by atoms with van der Waals surface area (Å²) in [7, 11) is 0. The lowest BCUT2D eigenvalue weighted by atomic mass is 9.62. The third-order valence-corrected chi connectivity index (χ3v) is 3.48. The van der Waals surface area contributed by atoms with E-state index in [2.05, 4.69) is 17.2 Å². The van der Waals surface area contributed by atoms with Gasteiger partial charge in [-0.2, -0.15) is 0 Å². The van der Waals surface area contributed by atoms with Crippen molar-refractivity contribution < 1.29 is 4.79 Å². The van der Waals surface area contributed by atoms with E-state index >= 15 is 0 Å². The first-order valence-corrected chi connectivity index (χ1v) is 6.01. The number of aromatic nitrogens is 1. The van der Waals surface area contributed by atoms with Gasteiger partial charge in [0.05, 0.1) is 5.41 Å². The molecular formula is C13H19N3O. The van der Waals surface area contributed by atoms with Gasteiger partial charge in [0.15, 0.2) is 0 Å². The summed E-state index contributed by atoms with van der Waals surface area (Å²) in [4.78, 5) is 16.4. The number of aryl methyl sites for hydroxylation is 1. The molecule has 1 aromatic rings. The van der Waals surface area contributed by atoms with Crippen molar-refractivity contribution in [2.75, 3.05) is 11.9 Å². The summed E-state index contributed by atoms with van der Waals surface area (Å²) < 4.78 is 0. The fraction of sp³-hybridized carbons (Fsp3) is 0.538. The van der Waals surface area contributed by atoms with Gasteiger partial charge in [0.25, 0.3) is 0 Å². The maximum absolute atomic E-state index is 12.2. The van der Waals surface area contributed by atoms with Gasteiger partial charge < -0.3 is 11.1 Å². The molecule has 0 unspecified atom stereocenters. The van der Waals surface area contributed by atoms with E-state index in [4.69, 9.17) is 5.73 Å². The van der Waals surface area contributed by atoms with Crippen LogP contribution >= 0.6 is 0 Å². The SMILES string of the molecule is Cc1cccc(NC(=O)C2(CN)CC(C)C2)n1. The highest BCUT2D eigenvalue weighted by molar-refractivity contribution is 5.95. The Kier molecular flexibility index (Phi) is 3.15. The first-order chi connectivity index (χ1) is 8.05. The van der Waals surface area contributed by atoms with Crippen molar-refractivity contribution >= 4 is 11.7 Å². The van der Waals surface area contributed by atoms with Crippen molar-refractivity contribution in [3.8, 4) is 0 Å². The maximum Gasteiger partial charge on any atom is 0.233 e. The first-order valence-electron chi connectivity index (χ1n) is 6.01. The zero-order chi connectivity index (χ0) is 12.5. The zero-order valence-corrected chi connectivity index (χ0v) is 10.4. The summed E-state index contributed by atoms with van der Waals surface area (Å²) in [5, 5.41) is 2.87. The number of nitrogens with two attached hydrogens (primary N) is 1. The smallest absolute Gasteiger partial charge is 0.233 e. The Hall–Kier alpha value is -1.42. The number of anilines is 1. The van der Waals surface area contributed by atoms with E-state index in [-0.39, 0.29) is 11.3 Å². The van der Waals surface area contributed by atoms with Gasteiger partial charge >= 0.3 is 0 Å². The molecule has 0 atom stereocenters. The monoisotopic (exact) mass is 233 g/mol. The Morgan fingerprint density at radius 1 is 1.59 bits per heavy atom. The molecule has 1 saturated carbocycles. The second-order valence-corrected chi connectivity index (χ2v) is 5.12. The van der Waals surface area contributed by atoms with E-state index < -0.39 is 0 Å². The number of hydrogen-bond donors (Lipinski definition) is 2. The molecule has 1 aliphatic carbocycles. The molecule has 1 amide bonds. The van der Waals surface area contributed by atoms with Crippen molar-refractivity contribution in [1.82, 2.24) is 4.98 Å². The van der Waals surface area contributed by atoms with Gasteiger partial charge in [-0.05, 0) is 37.8 Å². The predicted octanol–water partition coefficient (Wildman–Crippen LogP) is 1.70. The number of rotatable bonds is 3. The first kappa shape index (κ1) is 12.0. The van der Waals surface area contributed by atoms with Gasteiger partial charge in [0, 0.05) is 12.2 Å². The van der Waals surface area contributed by atoms with Crippen molar-refractivity contribution in [3.05, 3.63) is 23.9 Å². The van der Waals surface area contributed by atoms with Crippen LogP contribution in [0.4, 0.5) is 5.82 Å². The van der Waals surface area contributed by atoms with Crippen LogP contribution in [-0.2, 0) is 4.79 Å². The van der Waals surface area contributed by atoms with Crippen molar-refractivity contribution in [2.45, 2.75) is 26.7 Å². The Morgan fingerprint density at radius 2 is 2.29 bits per heavy atom. The number of pyridine rings is 1. The van der Waals surface area contributed by atoms with Gasteiger partial charge in [-0.25, -0.2) is 4.98 Å². The minimum atomic E-state index is -0.370. The summed E-state index contributed by atoms with van der Waals surface area (Å²) in [6, 6.07) is 5.59. The molecule has 4 heteroatoms. The van der Waals surface area contributed by atoms with E-state index in [0.29, 0.717) is 18.3 Å². The highest BCUT2D eigenvalue weighted by Gasteiger charge is 2.47. The highest BCUT2D eigenvalue weighted by Crippen LogP contribution is 2.45. The van der Waals surface area contributed by atoms with Crippen molar-refractivity contribution in [3.63, 3.8) is 0 Å². The molecule has 0 saturated heterocycles. The number of hydrogen-bond acceptors (Lipinski definition) is 3. The summed E-state index contributed by atoms with van der Waals surface area (Å²) >= 11 is 0. The van der Waals surface area contributed by atoms with Crippen LogP contribution in [0.25, 0.3) is 0 Å². The average Bonchev–Trinajstić information content (AvgIpc) is 2.24. The van der Waals surface area contributed by atoms with Gasteiger partial charge in [0.1, 0.15) is 5.82 Å². The quantitative estimate of drug-likeness (QED) is 0.835. The molecule has 0 aliphatic heterocycles. The number of nitrogens with one attached hydrogen (secondary N) is 1. The van der Waals surface area contributed by atoms with E-state index in [9.17, 15) is 4.79 Å². The lowest BCUT2D eigenvalue weighted by Crippen LogP contribution is -2.51. The number of carbonyl (C=O) groups excluding carboxylic acids is 1. The van der Waals surface area contributed by atoms with Crippen LogP contribution in [-0.4, -0.2) is 17.4 Å². The van der Waals surface area contributed by atoms with E-state index in [0.717, 1.165) is 18.5 Å². The molecule has 1 aliphatic rings. The molecule has 1 aromatic heterocycles. The molecule has 4 nitrogen and oxygen atoms in total. The van der Waals surface area contributed by atoms with Crippen LogP contribution in [0.1, 0.15) is 25.5 Å². The molecule has 3 N–H and O–H groups in total. The summed E-state index contributed by atoms with van der Waals surface area (Å²) in [5.74, 6) is 1.22. The lowest BCUT2D eigenvalue weighted by molar-refractivity contribution is -0.132. The minimum Gasteiger partial charge on any atom is -0.329 e. The molecule has 0 aromatic carbocycles. The Labute approximate surface area is 102 Å². The number of carbonyl (C=O) groups is 1. The average molecular weight is 233 g/mol. The van der Waals surface area contributed by atoms with E-state index in [1.165, 1.54) is 0 Å².